The monoisotopic (exact) mass is 251 g/mol. The average Bonchev–Trinajstić information content (AvgIpc) is 2.67. The molecule has 0 saturated carbocycles. The Kier molecular flexibility index (Phi) is 5.74. The third-order valence-electron chi connectivity index (χ3n) is 3.09. The molecule has 1 unspecified atom stereocenters. The number of carbonyl (C=O) groups excluding carboxylic acids is 1. The van der Waals surface area contributed by atoms with Crippen molar-refractivity contribution in [2.45, 2.75) is 25.7 Å². The van der Waals surface area contributed by atoms with E-state index in [1.165, 1.54) is 0 Å². The molecular weight excluding hydrogens is 230 g/mol. The Morgan fingerprint density at radius 3 is 2.94 bits per heavy atom. The first-order valence-electron chi connectivity index (χ1n) is 6.27. The van der Waals surface area contributed by atoms with Crippen LogP contribution in [0.4, 0.5) is 0 Å². The first kappa shape index (κ1) is 14.6. The van der Waals surface area contributed by atoms with Gasteiger partial charge in [0.05, 0.1) is 12.2 Å². The number of aliphatic carboxylic acids is 1. The number of aliphatic imine (C=N–C) groups is 1. The number of carboxylic acids is 1. The maximum absolute atomic E-state index is 10.9. The fourth-order valence-electron chi connectivity index (χ4n) is 2.19. The molecule has 0 aromatic heterocycles. The van der Waals surface area contributed by atoms with Gasteiger partial charge in [0, 0.05) is 13.0 Å². The summed E-state index contributed by atoms with van der Waals surface area (Å²) in [6, 6.07) is 0. The van der Waals surface area contributed by atoms with E-state index in [2.05, 4.69) is 11.6 Å². The number of nitrogens with zero attached hydrogens (tertiary/aromatic N) is 2. The second-order valence-corrected chi connectivity index (χ2v) is 4.45. The normalized spacial score (nSPS) is 21.9. The summed E-state index contributed by atoms with van der Waals surface area (Å²) in [6.07, 6.45) is 9.12. The van der Waals surface area contributed by atoms with Crippen LogP contribution >= 0.6 is 0 Å². The highest BCUT2D eigenvalue weighted by atomic mass is 16.4. The fourth-order valence-corrected chi connectivity index (χ4v) is 2.19. The van der Waals surface area contributed by atoms with E-state index < -0.39 is 5.97 Å². The molecule has 2 N–H and O–H groups in total. The zero-order chi connectivity index (χ0) is 13.4. The lowest BCUT2D eigenvalue weighted by Gasteiger charge is -2.32. The Bertz CT molecular complexity index is 363. The molecule has 1 rings (SSSR count). The molecule has 1 aliphatic heterocycles. The minimum Gasteiger partial charge on any atom is -0.544 e. The summed E-state index contributed by atoms with van der Waals surface area (Å²) in [4.78, 5) is 15.2. The van der Waals surface area contributed by atoms with E-state index in [0.29, 0.717) is 13.1 Å². The van der Waals surface area contributed by atoms with Gasteiger partial charge in [-0.15, -0.1) is 6.58 Å². The molecule has 0 aromatic carbocycles. The number of quaternary nitrogens is 1. The summed E-state index contributed by atoms with van der Waals surface area (Å²) in [5, 5.41) is 10.9. The summed E-state index contributed by atoms with van der Waals surface area (Å²) in [5.74, 6) is -0.206. The van der Waals surface area contributed by atoms with E-state index in [-0.39, 0.29) is 11.0 Å². The molecule has 1 atom stereocenters. The van der Waals surface area contributed by atoms with Crippen molar-refractivity contribution < 1.29 is 14.4 Å². The molecule has 0 radical (unpaired) electrons. The minimum absolute atomic E-state index is 0.0893. The summed E-state index contributed by atoms with van der Waals surface area (Å²) in [5.41, 5.74) is 5.58. The van der Waals surface area contributed by atoms with Crippen LogP contribution in [-0.2, 0) is 4.79 Å². The molecule has 18 heavy (non-hydrogen) atoms. The molecule has 0 amide bonds. The van der Waals surface area contributed by atoms with E-state index >= 15 is 0 Å². The van der Waals surface area contributed by atoms with Crippen LogP contribution in [0, 0.1) is 0 Å². The van der Waals surface area contributed by atoms with E-state index in [1.54, 1.807) is 12.4 Å². The number of nitrogens with two attached hydrogens (primary N) is 1. The molecule has 0 bridgehead atoms. The summed E-state index contributed by atoms with van der Waals surface area (Å²) in [7, 11) is 0. The summed E-state index contributed by atoms with van der Waals surface area (Å²) >= 11 is 0. The SMILES string of the molecule is C=CCCCCC1=NC=C[N+]1(CCN)CC(=O)[O-]. The maximum Gasteiger partial charge on any atom is 0.207 e. The van der Waals surface area contributed by atoms with Gasteiger partial charge in [0.25, 0.3) is 0 Å². The molecule has 100 valence electrons. The average molecular weight is 251 g/mol. The molecule has 0 aliphatic carbocycles. The lowest BCUT2D eigenvalue weighted by molar-refractivity contribution is -0.780. The molecule has 0 fully saturated rings. The van der Waals surface area contributed by atoms with E-state index in [1.807, 2.05) is 6.08 Å². The van der Waals surface area contributed by atoms with Crippen molar-refractivity contribution in [2.24, 2.45) is 10.7 Å². The van der Waals surface area contributed by atoms with Crippen LogP contribution in [0.3, 0.4) is 0 Å². The zero-order valence-electron chi connectivity index (χ0n) is 10.7. The Hall–Kier alpha value is -1.46. The fraction of sp³-hybridized carbons (Fsp3) is 0.538. The van der Waals surface area contributed by atoms with Crippen molar-refractivity contribution in [3.05, 3.63) is 25.1 Å². The van der Waals surface area contributed by atoms with Crippen molar-refractivity contribution >= 4 is 11.8 Å². The Morgan fingerprint density at radius 1 is 1.56 bits per heavy atom. The third kappa shape index (κ3) is 3.78. The van der Waals surface area contributed by atoms with Crippen LogP contribution in [0.25, 0.3) is 0 Å². The lowest BCUT2D eigenvalue weighted by Crippen LogP contribution is -2.55. The molecule has 1 heterocycles. The molecule has 5 nitrogen and oxygen atoms in total. The van der Waals surface area contributed by atoms with Crippen molar-refractivity contribution in [3.63, 3.8) is 0 Å². The van der Waals surface area contributed by atoms with Gasteiger partial charge in [-0.3, -0.25) is 0 Å². The van der Waals surface area contributed by atoms with Gasteiger partial charge < -0.3 is 15.6 Å². The predicted molar refractivity (Wildman–Crippen MR) is 69.3 cm³/mol. The van der Waals surface area contributed by atoms with E-state index in [4.69, 9.17) is 5.73 Å². The van der Waals surface area contributed by atoms with Gasteiger partial charge in [-0.25, -0.2) is 9.48 Å². The van der Waals surface area contributed by atoms with Crippen LogP contribution in [0.2, 0.25) is 0 Å². The van der Waals surface area contributed by atoms with Gasteiger partial charge in [0.1, 0.15) is 19.3 Å². The Balaban J connectivity index is 2.64. The number of carboxylic acid groups (broad SMARTS) is 1. The summed E-state index contributed by atoms with van der Waals surface area (Å²) < 4.78 is 0.215. The van der Waals surface area contributed by atoms with Crippen LogP contribution in [0.1, 0.15) is 25.7 Å². The van der Waals surface area contributed by atoms with Gasteiger partial charge in [-0.05, 0) is 19.3 Å². The van der Waals surface area contributed by atoms with Gasteiger partial charge >= 0.3 is 0 Å². The lowest BCUT2D eigenvalue weighted by atomic mass is 10.1. The molecular formula is C13H21N3O2. The highest BCUT2D eigenvalue weighted by Gasteiger charge is 2.34. The number of hydrogen-bond acceptors (Lipinski definition) is 4. The van der Waals surface area contributed by atoms with Gasteiger partial charge in [-0.2, -0.15) is 0 Å². The van der Waals surface area contributed by atoms with Crippen LogP contribution in [-0.4, -0.2) is 35.9 Å². The van der Waals surface area contributed by atoms with Gasteiger partial charge in [0.15, 0.2) is 0 Å². The number of allylic oxidation sites excluding steroid dienone is 1. The first-order chi connectivity index (χ1) is 8.64. The van der Waals surface area contributed by atoms with Crippen LogP contribution in [0.5, 0.6) is 0 Å². The van der Waals surface area contributed by atoms with Gasteiger partial charge in [0.2, 0.25) is 5.84 Å². The predicted octanol–water partition coefficient (Wildman–Crippen LogP) is 0.142. The standard InChI is InChI=1S/C13H21N3O2/c1-2-3-4-5-6-12-15-8-10-16(12,9-7-14)11-13(17)18/h2,8,10H,1,3-7,9,11,14H2. The van der Waals surface area contributed by atoms with Gasteiger partial charge in [-0.1, -0.05) is 6.08 Å². The van der Waals surface area contributed by atoms with E-state index in [0.717, 1.165) is 31.5 Å². The number of unbranched alkanes of at least 4 members (excludes halogenated alkanes) is 2. The van der Waals surface area contributed by atoms with E-state index in [9.17, 15) is 9.90 Å². The maximum atomic E-state index is 10.9. The minimum atomic E-state index is -1.08. The number of amidine groups is 1. The Morgan fingerprint density at radius 2 is 2.33 bits per heavy atom. The highest BCUT2D eigenvalue weighted by Crippen LogP contribution is 2.20. The number of rotatable bonds is 9. The second-order valence-electron chi connectivity index (χ2n) is 4.45. The number of hydrogen-bond donors (Lipinski definition) is 1. The van der Waals surface area contributed by atoms with Crippen LogP contribution in [0.15, 0.2) is 30.0 Å². The molecule has 1 aliphatic rings. The third-order valence-corrected chi connectivity index (χ3v) is 3.09. The second kappa shape index (κ2) is 7.08. The van der Waals surface area contributed by atoms with Crippen molar-refractivity contribution in [2.75, 3.05) is 19.6 Å². The molecule has 0 saturated heterocycles. The number of carbonyl (C=O) groups is 1. The Labute approximate surface area is 108 Å². The largest absolute Gasteiger partial charge is 0.544 e. The zero-order valence-corrected chi connectivity index (χ0v) is 10.7. The topological polar surface area (TPSA) is 78.5 Å². The highest BCUT2D eigenvalue weighted by molar-refractivity contribution is 5.80. The molecule has 0 aromatic rings. The molecule has 5 heteroatoms. The first-order valence-corrected chi connectivity index (χ1v) is 6.27. The van der Waals surface area contributed by atoms with Crippen molar-refractivity contribution in [1.82, 2.24) is 0 Å². The quantitative estimate of drug-likeness (QED) is 0.360. The smallest absolute Gasteiger partial charge is 0.207 e. The van der Waals surface area contributed by atoms with Crippen molar-refractivity contribution in [3.8, 4) is 0 Å². The van der Waals surface area contributed by atoms with Crippen molar-refractivity contribution in [1.29, 1.82) is 0 Å². The molecule has 0 spiro atoms. The summed E-state index contributed by atoms with van der Waals surface area (Å²) in [6.45, 7) is 4.56. The van der Waals surface area contributed by atoms with Crippen LogP contribution < -0.4 is 10.8 Å².